The molecule has 1 aliphatic heterocycles. The van der Waals surface area contributed by atoms with Crippen LogP contribution in [0.15, 0.2) is 18.2 Å². The molecule has 1 aromatic rings. The number of hydrogen-bond donors (Lipinski definition) is 1. The average molecular weight is 301 g/mol. The molecule has 2 atom stereocenters. The summed E-state index contributed by atoms with van der Waals surface area (Å²) in [7, 11) is 1.57. The molecule has 1 amide bonds. The van der Waals surface area contributed by atoms with Crippen molar-refractivity contribution in [2.24, 2.45) is 5.92 Å². The summed E-state index contributed by atoms with van der Waals surface area (Å²) in [6, 6.07) is 8.21. The van der Waals surface area contributed by atoms with Gasteiger partial charge in [0, 0.05) is 32.6 Å². The molecule has 1 fully saturated rings. The predicted molar refractivity (Wildman–Crippen MR) is 84.4 cm³/mol. The van der Waals surface area contributed by atoms with E-state index in [4.69, 9.17) is 10.00 Å². The molecular weight excluding hydrogens is 278 g/mol. The Morgan fingerprint density at radius 3 is 2.91 bits per heavy atom. The normalized spacial score (nSPS) is 21.3. The minimum absolute atomic E-state index is 0.152. The van der Waals surface area contributed by atoms with E-state index in [0.717, 1.165) is 25.1 Å². The molecule has 1 heterocycles. The van der Waals surface area contributed by atoms with Crippen LogP contribution in [0, 0.1) is 17.2 Å². The Bertz CT molecular complexity index is 580. The lowest BCUT2D eigenvalue weighted by Gasteiger charge is -2.37. The summed E-state index contributed by atoms with van der Waals surface area (Å²) >= 11 is 0. The van der Waals surface area contributed by atoms with Crippen LogP contribution in [0.25, 0.3) is 0 Å². The number of nitrogens with one attached hydrogen (secondary N) is 1. The molecule has 0 saturated carbocycles. The van der Waals surface area contributed by atoms with Gasteiger partial charge in [-0.2, -0.15) is 5.26 Å². The highest BCUT2D eigenvalue weighted by Gasteiger charge is 2.26. The van der Waals surface area contributed by atoms with Gasteiger partial charge in [0.05, 0.1) is 12.7 Å². The highest BCUT2D eigenvalue weighted by Crippen LogP contribution is 2.20. The van der Waals surface area contributed by atoms with Crippen LogP contribution in [-0.2, 0) is 11.3 Å². The number of carbonyl (C=O) groups is 1. The molecule has 1 aliphatic rings. The number of rotatable bonds is 4. The van der Waals surface area contributed by atoms with E-state index in [0.29, 0.717) is 29.8 Å². The number of amides is 1. The first kappa shape index (κ1) is 16.3. The van der Waals surface area contributed by atoms with Crippen LogP contribution in [0.5, 0.6) is 5.75 Å². The van der Waals surface area contributed by atoms with Gasteiger partial charge in [-0.1, -0.05) is 13.0 Å². The molecule has 1 N–H and O–H groups in total. The van der Waals surface area contributed by atoms with E-state index in [1.165, 1.54) is 0 Å². The van der Waals surface area contributed by atoms with Gasteiger partial charge < -0.3 is 15.0 Å². The van der Waals surface area contributed by atoms with Crippen LogP contribution in [0.3, 0.4) is 0 Å². The second-order valence-electron chi connectivity index (χ2n) is 5.86. The lowest BCUT2D eigenvalue weighted by Crippen LogP contribution is -2.49. The number of methoxy groups -OCH3 is 1. The molecule has 118 valence electrons. The van der Waals surface area contributed by atoms with Crippen LogP contribution in [0.2, 0.25) is 0 Å². The molecule has 0 radical (unpaired) electrons. The lowest BCUT2D eigenvalue weighted by atomic mass is 9.93. The van der Waals surface area contributed by atoms with Crippen LogP contribution < -0.4 is 10.1 Å². The Hall–Kier alpha value is -2.06. The van der Waals surface area contributed by atoms with Gasteiger partial charge in [-0.15, -0.1) is 0 Å². The van der Waals surface area contributed by atoms with Crippen molar-refractivity contribution in [3.05, 3.63) is 29.3 Å². The van der Waals surface area contributed by atoms with Gasteiger partial charge in [0.25, 0.3) is 0 Å². The zero-order chi connectivity index (χ0) is 16.1. The van der Waals surface area contributed by atoms with Crippen molar-refractivity contribution in [2.75, 3.05) is 20.2 Å². The van der Waals surface area contributed by atoms with Gasteiger partial charge in [0.2, 0.25) is 5.91 Å². The molecule has 5 nitrogen and oxygen atoms in total. The van der Waals surface area contributed by atoms with Gasteiger partial charge >= 0.3 is 0 Å². The summed E-state index contributed by atoms with van der Waals surface area (Å²) < 4.78 is 5.16. The maximum Gasteiger partial charge on any atom is 0.219 e. The van der Waals surface area contributed by atoms with E-state index >= 15 is 0 Å². The summed E-state index contributed by atoms with van der Waals surface area (Å²) in [4.78, 5) is 13.3. The zero-order valence-electron chi connectivity index (χ0n) is 13.4. The highest BCUT2D eigenvalue weighted by molar-refractivity contribution is 5.73. The van der Waals surface area contributed by atoms with Gasteiger partial charge in [-0.3, -0.25) is 4.79 Å². The zero-order valence-corrected chi connectivity index (χ0v) is 13.4. The fourth-order valence-corrected chi connectivity index (χ4v) is 2.94. The van der Waals surface area contributed by atoms with E-state index in [1.54, 1.807) is 14.0 Å². The Morgan fingerprint density at radius 1 is 1.55 bits per heavy atom. The van der Waals surface area contributed by atoms with Gasteiger partial charge in [-0.25, -0.2) is 0 Å². The van der Waals surface area contributed by atoms with Gasteiger partial charge in [0.15, 0.2) is 0 Å². The monoisotopic (exact) mass is 301 g/mol. The number of piperidine rings is 1. The minimum Gasteiger partial charge on any atom is -0.495 e. The minimum atomic E-state index is 0.152. The maximum atomic E-state index is 11.4. The van der Waals surface area contributed by atoms with Gasteiger partial charge in [0.1, 0.15) is 11.8 Å². The molecule has 0 unspecified atom stereocenters. The first-order chi connectivity index (χ1) is 10.5. The summed E-state index contributed by atoms with van der Waals surface area (Å²) in [6.07, 6.45) is 0.960. The third-order valence-electron chi connectivity index (χ3n) is 4.30. The van der Waals surface area contributed by atoms with Crippen molar-refractivity contribution >= 4 is 5.91 Å². The molecular formula is C17H23N3O2. The quantitative estimate of drug-likeness (QED) is 0.922. The lowest BCUT2D eigenvalue weighted by molar-refractivity contribution is -0.130. The van der Waals surface area contributed by atoms with Crippen molar-refractivity contribution in [1.29, 1.82) is 5.26 Å². The fraction of sp³-hybridized carbons (Fsp3) is 0.529. The van der Waals surface area contributed by atoms with Crippen molar-refractivity contribution in [3.63, 3.8) is 0 Å². The number of hydrogen-bond acceptors (Lipinski definition) is 4. The standard InChI is InChI=1S/C17H23N3O2/c1-12-11-20(13(2)21)7-6-16(12)19-10-14-4-5-17(22-3)15(8-14)9-18/h4-5,8,12,16,19H,6-7,10-11H2,1-3H3/t12-,16-/m1/s1. The number of benzene rings is 1. The summed E-state index contributed by atoms with van der Waals surface area (Å²) in [6.45, 7) is 6.12. The first-order valence-electron chi connectivity index (χ1n) is 7.61. The second-order valence-corrected chi connectivity index (χ2v) is 5.86. The Kier molecular flexibility index (Phi) is 5.40. The van der Waals surface area contributed by atoms with Crippen molar-refractivity contribution in [3.8, 4) is 11.8 Å². The average Bonchev–Trinajstić information content (AvgIpc) is 2.53. The topological polar surface area (TPSA) is 65.4 Å². The molecule has 1 saturated heterocycles. The Labute approximate surface area is 131 Å². The number of nitriles is 1. The van der Waals surface area contributed by atoms with Crippen molar-refractivity contribution in [2.45, 2.75) is 32.9 Å². The SMILES string of the molecule is COc1ccc(CN[C@@H]2CCN(C(C)=O)C[C@H]2C)cc1C#N. The van der Waals surface area contributed by atoms with Crippen LogP contribution in [-0.4, -0.2) is 37.0 Å². The summed E-state index contributed by atoms with van der Waals surface area (Å²) in [5.41, 5.74) is 1.62. The highest BCUT2D eigenvalue weighted by atomic mass is 16.5. The smallest absolute Gasteiger partial charge is 0.219 e. The maximum absolute atomic E-state index is 11.4. The van der Waals surface area contributed by atoms with Crippen LogP contribution in [0.1, 0.15) is 31.4 Å². The van der Waals surface area contributed by atoms with Crippen LogP contribution >= 0.6 is 0 Å². The van der Waals surface area contributed by atoms with Crippen molar-refractivity contribution < 1.29 is 9.53 Å². The second kappa shape index (κ2) is 7.28. The van der Waals surface area contributed by atoms with Crippen molar-refractivity contribution in [1.82, 2.24) is 10.2 Å². The molecule has 0 bridgehead atoms. The summed E-state index contributed by atoms with van der Waals surface area (Å²) in [5.74, 6) is 1.18. The Balaban J connectivity index is 1.94. The molecule has 22 heavy (non-hydrogen) atoms. The molecule has 0 aromatic heterocycles. The summed E-state index contributed by atoms with van der Waals surface area (Å²) in [5, 5.41) is 12.7. The van der Waals surface area contributed by atoms with E-state index in [9.17, 15) is 4.79 Å². The van der Waals surface area contributed by atoms with E-state index in [-0.39, 0.29) is 5.91 Å². The number of ether oxygens (including phenoxy) is 1. The Morgan fingerprint density at radius 2 is 2.32 bits per heavy atom. The first-order valence-corrected chi connectivity index (χ1v) is 7.61. The predicted octanol–water partition coefficient (Wildman–Crippen LogP) is 1.91. The van der Waals surface area contributed by atoms with Crippen LogP contribution in [0.4, 0.5) is 0 Å². The number of carbonyl (C=O) groups excluding carboxylic acids is 1. The molecule has 0 aliphatic carbocycles. The molecule has 2 rings (SSSR count). The van der Waals surface area contributed by atoms with E-state index < -0.39 is 0 Å². The molecule has 5 heteroatoms. The fourth-order valence-electron chi connectivity index (χ4n) is 2.94. The number of likely N-dealkylation sites (tertiary alicyclic amines) is 1. The van der Waals surface area contributed by atoms with Gasteiger partial charge in [-0.05, 0) is 30.0 Å². The third-order valence-corrected chi connectivity index (χ3v) is 4.30. The van der Waals surface area contributed by atoms with E-state index in [1.807, 2.05) is 23.1 Å². The largest absolute Gasteiger partial charge is 0.495 e. The molecule has 1 aromatic carbocycles. The molecule has 0 spiro atoms. The third kappa shape index (κ3) is 3.77. The number of nitrogens with zero attached hydrogens (tertiary/aromatic N) is 2. The van der Waals surface area contributed by atoms with E-state index in [2.05, 4.69) is 18.3 Å².